The summed E-state index contributed by atoms with van der Waals surface area (Å²) in [4.78, 5) is 2.61. The van der Waals surface area contributed by atoms with Gasteiger partial charge in [0, 0.05) is 19.1 Å². The molecule has 0 amide bonds. The van der Waals surface area contributed by atoms with Crippen LogP contribution < -0.4 is 0 Å². The number of rotatable bonds is 5. The normalized spacial score (nSPS) is 29.2. The van der Waals surface area contributed by atoms with Gasteiger partial charge in [-0.2, -0.15) is 0 Å². The molecule has 2 aliphatic rings. The summed E-state index contributed by atoms with van der Waals surface area (Å²) in [5, 5.41) is 9.21. The Morgan fingerprint density at radius 3 is 2.48 bits per heavy atom. The molecule has 3 nitrogen and oxygen atoms in total. The average molecular weight is 289 g/mol. The molecular formula is C18H27NO2. The van der Waals surface area contributed by atoms with Gasteiger partial charge in [0.05, 0.1) is 19.3 Å². The number of aliphatic hydroxyl groups excluding tert-OH is 1. The Hall–Kier alpha value is -0.900. The summed E-state index contributed by atoms with van der Waals surface area (Å²) in [6, 6.07) is 8.74. The molecule has 1 N–H and O–H groups in total. The van der Waals surface area contributed by atoms with Crippen LogP contribution in [0.1, 0.15) is 37.8 Å². The van der Waals surface area contributed by atoms with Crippen LogP contribution in [0, 0.1) is 11.8 Å². The number of benzene rings is 1. The van der Waals surface area contributed by atoms with E-state index in [4.69, 9.17) is 4.74 Å². The second-order valence-corrected chi connectivity index (χ2v) is 6.90. The molecule has 0 radical (unpaired) electrons. The van der Waals surface area contributed by atoms with E-state index >= 15 is 0 Å². The monoisotopic (exact) mass is 289 g/mol. The Labute approximate surface area is 127 Å². The van der Waals surface area contributed by atoms with Crippen LogP contribution in [-0.4, -0.2) is 35.2 Å². The molecule has 3 heteroatoms. The van der Waals surface area contributed by atoms with Gasteiger partial charge in [0.25, 0.3) is 0 Å². The number of ether oxygens (including phenoxy) is 1. The average Bonchev–Trinajstić information content (AvgIpc) is 2.73. The van der Waals surface area contributed by atoms with Crippen LogP contribution in [0.5, 0.6) is 0 Å². The van der Waals surface area contributed by atoms with Crippen molar-refractivity contribution in [3.8, 4) is 0 Å². The smallest absolute Gasteiger partial charge is 0.0721 e. The maximum Gasteiger partial charge on any atom is 0.0721 e. The molecule has 1 unspecified atom stereocenters. The van der Waals surface area contributed by atoms with E-state index in [0.29, 0.717) is 30.6 Å². The zero-order valence-corrected chi connectivity index (χ0v) is 13.2. The minimum absolute atomic E-state index is 0.103. The fraction of sp³-hybridized carbons (Fsp3) is 0.667. The van der Waals surface area contributed by atoms with Crippen LogP contribution in [-0.2, 0) is 18.0 Å². The van der Waals surface area contributed by atoms with Gasteiger partial charge < -0.3 is 14.7 Å². The van der Waals surface area contributed by atoms with Gasteiger partial charge in [0.1, 0.15) is 0 Å². The summed E-state index contributed by atoms with van der Waals surface area (Å²) in [5.74, 6) is 1.40. The Morgan fingerprint density at radius 2 is 1.86 bits per heavy atom. The predicted molar refractivity (Wildman–Crippen MR) is 83.9 cm³/mol. The number of piperidine rings is 1. The molecule has 1 saturated heterocycles. The van der Waals surface area contributed by atoms with Crippen molar-refractivity contribution in [2.24, 2.45) is 11.8 Å². The van der Waals surface area contributed by atoms with Gasteiger partial charge in [-0.3, -0.25) is 0 Å². The largest absolute Gasteiger partial charge is 0.392 e. The summed E-state index contributed by atoms with van der Waals surface area (Å²) in [7, 11) is 0. The van der Waals surface area contributed by atoms with E-state index in [-0.39, 0.29) is 6.61 Å². The number of hydrogen-bond acceptors (Lipinski definition) is 3. The van der Waals surface area contributed by atoms with Crippen LogP contribution in [0.3, 0.4) is 0 Å². The van der Waals surface area contributed by atoms with E-state index in [0.717, 1.165) is 5.56 Å². The van der Waals surface area contributed by atoms with Crippen molar-refractivity contribution in [1.29, 1.82) is 0 Å². The van der Waals surface area contributed by atoms with E-state index in [1.165, 1.54) is 31.5 Å². The van der Waals surface area contributed by atoms with Crippen molar-refractivity contribution >= 4 is 0 Å². The zero-order valence-electron chi connectivity index (χ0n) is 13.2. The molecule has 1 aliphatic carbocycles. The Kier molecular flexibility index (Phi) is 4.63. The molecule has 116 valence electrons. The second-order valence-electron chi connectivity index (χ2n) is 6.90. The summed E-state index contributed by atoms with van der Waals surface area (Å²) in [5.41, 5.74) is 2.14. The second kappa shape index (κ2) is 6.47. The lowest BCUT2D eigenvalue weighted by Gasteiger charge is -2.40. The van der Waals surface area contributed by atoms with Crippen molar-refractivity contribution in [3.05, 3.63) is 35.4 Å². The summed E-state index contributed by atoms with van der Waals surface area (Å²) < 4.78 is 6.28. The first-order chi connectivity index (χ1) is 10.2. The predicted octanol–water partition coefficient (Wildman–Crippen LogP) is 2.81. The topological polar surface area (TPSA) is 32.7 Å². The Morgan fingerprint density at radius 1 is 1.19 bits per heavy atom. The standard InChI is InChI=1S/C18H27NO2/c1-13(2)19-9-16-6-7-17(10-19)18(16)21-12-15-5-3-4-14(8-15)11-20/h3-5,8,13,16-18,20H,6-7,9-12H2,1-2H3/t16-,17+,18?. The van der Waals surface area contributed by atoms with Crippen LogP contribution in [0.2, 0.25) is 0 Å². The van der Waals surface area contributed by atoms with Crippen molar-refractivity contribution in [1.82, 2.24) is 4.90 Å². The molecule has 21 heavy (non-hydrogen) atoms. The maximum atomic E-state index is 9.21. The molecular weight excluding hydrogens is 262 g/mol. The van der Waals surface area contributed by atoms with Gasteiger partial charge in [0.2, 0.25) is 0 Å². The molecule has 3 atom stereocenters. The zero-order chi connectivity index (χ0) is 14.8. The van der Waals surface area contributed by atoms with E-state index in [1.54, 1.807) is 0 Å². The van der Waals surface area contributed by atoms with E-state index in [2.05, 4.69) is 24.8 Å². The number of hydrogen-bond donors (Lipinski definition) is 1. The molecule has 1 heterocycles. The molecule has 1 saturated carbocycles. The molecule has 0 aromatic heterocycles. The van der Waals surface area contributed by atoms with Crippen molar-refractivity contribution in [2.75, 3.05) is 13.1 Å². The third kappa shape index (κ3) is 3.31. The molecule has 1 aromatic carbocycles. The molecule has 2 fully saturated rings. The molecule has 1 aromatic rings. The lowest BCUT2D eigenvalue weighted by molar-refractivity contribution is -0.0564. The quantitative estimate of drug-likeness (QED) is 0.905. The van der Waals surface area contributed by atoms with Gasteiger partial charge in [-0.1, -0.05) is 24.3 Å². The number of likely N-dealkylation sites (tertiary alicyclic amines) is 1. The van der Waals surface area contributed by atoms with E-state index < -0.39 is 0 Å². The first-order valence-corrected chi connectivity index (χ1v) is 8.21. The Bertz CT molecular complexity index is 460. The highest BCUT2D eigenvalue weighted by Crippen LogP contribution is 2.39. The van der Waals surface area contributed by atoms with Crippen LogP contribution >= 0.6 is 0 Å². The third-order valence-corrected chi connectivity index (χ3v) is 5.12. The van der Waals surface area contributed by atoms with Crippen molar-refractivity contribution < 1.29 is 9.84 Å². The lowest BCUT2D eigenvalue weighted by atomic mass is 9.94. The Balaban J connectivity index is 1.59. The number of fused-ring (bicyclic) bond motifs is 2. The van der Waals surface area contributed by atoms with E-state index in [1.807, 2.05) is 18.2 Å². The highest BCUT2D eigenvalue weighted by molar-refractivity contribution is 5.22. The molecule has 1 aliphatic heterocycles. The van der Waals surface area contributed by atoms with Gasteiger partial charge in [0.15, 0.2) is 0 Å². The van der Waals surface area contributed by atoms with Crippen LogP contribution in [0.4, 0.5) is 0 Å². The fourth-order valence-electron chi connectivity index (χ4n) is 3.91. The number of nitrogens with zero attached hydrogens (tertiary/aromatic N) is 1. The van der Waals surface area contributed by atoms with Crippen LogP contribution in [0.25, 0.3) is 0 Å². The van der Waals surface area contributed by atoms with Gasteiger partial charge >= 0.3 is 0 Å². The highest BCUT2D eigenvalue weighted by atomic mass is 16.5. The highest BCUT2D eigenvalue weighted by Gasteiger charge is 2.43. The summed E-state index contributed by atoms with van der Waals surface area (Å²) in [6.07, 6.45) is 3.06. The van der Waals surface area contributed by atoms with Gasteiger partial charge in [-0.05, 0) is 49.7 Å². The molecule has 2 bridgehead atoms. The third-order valence-electron chi connectivity index (χ3n) is 5.12. The summed E-state index contributed by atoms with van der Waals surface area (Å²) in [6.45, 7) is 7.74. The van der Waals surface area contributed by atoms with Crippen molar-refractivity contribution in [3.63, 3.8) is 0 Å². The minimum Gasteiger partial charge on any atom is -0.392 e. The van der Waals surface area contributed by atoms with Crippen molar-refractivity contribution in [2.45, 2.75) is 52.0 Å². The SMILES string of the molecule is CC(C)N1C[C@H]2CC[C@@H](C1)C2OCc1cccc(CO)c1. The minimum atomic E-state index is 0.103. The molecule has 0 spiro atoms. The molecule has 3 rings (SSSR count). The fourth-order valence-corrected chi connectivity index (χ4v) is 3.91. The number of aliphatic hydroxyl groups is 1. The lowest BCUT2D eigenvalue weighted by Crippen LogP contribution is -2.48. The van der Waals surface area contributed by atoms with Gasteiger partial charge in [-0.25, -0.2) is 0 Å². The van der Waals surface area contributed by atoms with Gasteiger partial charge in [-0.15, -0.1) is 0 Å². The van der Waals surface area contributed by atoms with E-state index in [9.17, 15) is 5.11 Å². The first-order valence-electron chi connectivity index (χ1n) is 8.21. The summed E-state index contributed by atoms with van der Waals surface area (Å²) >= 11 is 0. The van der Waals surface area contributed by atoms with Crippen LogP contribution in [0.15, 0.2) is 24.3 Å². The maximum absolute atomic E-state index is 9.21. The first kappa shape index (κ1) is 15.0.